The van der Waals surface area contributed by atoms with E-state index in [9.17, 15) is 9.59 Å². The fraction of sp³-hybridized carbons (Fsp3) is 0.143. The Morgan fingerprint density at radius 1 is 1.00 bits per heavy atom. The first-order chi connectivity index (χ1) is 13.2. The van der Waals surface area contributed by atoms with E-state index >= 15 is 0 Å². The second-order valence-electron chi connectivity index (χ2n) is 5.86. The molecule has 1 aromatic heterocycles. The molecule has 0 aliphatic carbocycles. The standard InChI is InChI=1S/C21H19NO4S/c23-13-15-8-10-17(11-9-15)21(25)26-14-19(24)22-20(18-7-4-12-27-18)16-5-2-1-3-6-16/h1-12,20,23H,13-14H2,(H,22,24)/t20-/m1/s1. The fourth-order valence-corrected chi connectivity index (χ4v) is 3.39. The molecule has 1 amide bonds. The van der Waals surface area contributed by atoms with Crippen molar-refractivity contribution >= 4 is 23.2 Å². The molecule has 0 unspecified atom stereocenters. The third-order valence-corrected chi connectivity index (χ3v) is 4.91. The number of hydrogen-bond donors (Lipinski definition) is 2. The minimum atomic E-state index is -0.581. The zero-order valence-electron chi connectivity index (χ0n) is 14.5. The van der Waals surface area contributed by atoms with Gasteiger partial charge in [0.15, 0.2) is 6.61 Å². The van der Waals surface area contributed by atoms with Crippen molar-refractivity contribution in [2.45, 2.75) is 12.6 Å². The summed E-state index contributed by atoms with van der Waals surface area (Å²) in [6.07, 6.45) is 0. The summed E-state index contributed by atoms with van der Waals surface area (Å²) in [5.74, 6) is -0.959. The van der Waals surface area contributed by atoms with Gasteiger partial charge in [0.1, 0.15) is 0 Å². The Labute approximate surface area is 161 Å². The molecule has 0 saturated heterocycles. The summed E-state index contributed by atoms with van der Waals surface area (Å²) in [5.41, 5.74) is 1.99. The van der Waals surface area contributed by atoms with Crippen molar-refractivity contribution in [3.8, 4) is 0 Å². The number of hydrogen-bond acceptors (Lipinski definition) is 5. The summed E-state index contributed by atoms with van der Waals surface area (Å²) < 4.78 is 5.11. The Hall–Kier alpha value is -2.96. The number of ether oxygens (including phenoxy) is 1. The number of nitrogens with one attached hydrogen (secondary N) is 1. The number of benzene rings is 2. The summed E-state index contributed by atoms with van der Waals surface area (Å²) in [6, 6.07) is 19.6. The van der Waals surface area contributed by atoms with Crippen molar-refractivity contribution < 1.29 is 19.4 Å². The van der Waals surface area contributed by atoms with Crippen LogP contribution in [0.2, 0.25) is 0 Å². The molecule has 27 heavy (non-hydrogen) atoms. The number of carbonyl (C=O) groups excluding carboxylic acids is 2. The maximum atomic E-state index is 12.3. The predicted octanol–water partition coefficient (Wildman–Crippen LogP) is 3.30. The molecule has 1 atom stereocenters. The molecule has 3 rings (SSSR count). The minimum absolute atomic E-state index is 0.0959. The molecule has 0 aliphatic rings. The molecule has 0 saturated carbocycles. The van der Waals surface area contributed by atoms with Crippen LogP contribution in [0.1, 0.15) is 32.4 Å². The molecular formula is C21H19NO4S. The summed E-state index contributed by atoms with van der Waals surface area (Å²) in [6.45, 7) is -0.462. The Morgan fingerprint density at radius 3 is 2.37 bits per heavy atom. The average molecular weight is 381 g/mol. The lowest BCUT2D eigenvalue weighted by Gasteiger charge is -2.18. The number of amides is 1. The van der Waals surface area contributed by atoms with Gasteiger partial charge in [-0.3, -0.25) is 4.79 Å². The van der Waals surface area contributed by atoms with Crippen LogP contribution in [0.25, 0.3) is 0 Å². The maximum Gasteiger partial charge on any atom is 0.338 e. The number of carbonyl (C=O) groups is 2. The highest BCUT2D eigenvalue weighted by atomic mass is 32.1. The maximum absolute atomic E-state index is 12.3. The first-order valence-corrected chi connectivity index (χ1v) is 9.30. The molecule has 2 aromatic carbocycles. The van der Waals surface area contributed by atoms with Crippen LogP contribution >= 0.6 is 11.3 Å². The summed E-state index contributed by atoms with van der Waals surface area (Å²) in [5, 5.41) is 13.9. The highest BCUT2D eigenvalue weighted by Crippen LogP contribution is 2.25. The van der Waals surface area contributed by atoms with Crippen molar-refractivity contribution in [3.05, 3.63) is 93.7 Å². The zero-order chi connectivity index (χ0) is 19.1. The van der Waals surface area contributed by atoms with Gasteiger partial charge >= 0.3 is 5.97 Å². The molecular weight excluding hydrogens is 362 g/mol. The number of thiophene rings is 1. The second kappa shape index (κ2) is 9.12. The van der Waals surface area contributed by atoms with Crippen LogP contribution in [0.15, 0.2) is 72.1 Å². The van der Waals surface area contributed by atoms with Crippen LogP contribution < -0.4 is 5.32 Å². The van der Waals surface area contributed by atoms with Gasteiger partial charge in [-0.05, 0) is 34.7 Å². The lowest BCUT2D eigenvalue weighted by molar-refractivity contribution is -0.124. The molecule has 0 bridgehead atoms. The van der Waals surface area contributed by atoms with Crippen molar-refractivity contribution in [1.82, 2.24) is 5.32 Å². The monoisotopic (exact) mass is 381 g/mol. The lowest BCUT2D eigenvalue weighted by Crippen LogP contribution is -2.32. The highest BCUT2D eigenvalue weighted by molar-refractivity contribution is 7.10. The molecule has 1 heterocycles. The topological polar surface area (TPSA) is 75.6 Å². The Balaban J connectivity index is 1.61. The first-order valence-electron chi connectivity index (χ1n) is 8.42. The Bertz CT molecular complexity index is 876. The van der Waals surface area contributed by atoms with E-state index in [1.54, 1.807) is 35.6 Å². The Kier molecular flexibility index (Phi) is 6.35. The van der Waals surface area contributed by atoms with Crippen LogP contribution in [0.4, 0.5) is 0 Å². The second-order valence-corrected chi connectivity index (χ2v) is 6.84. The van der Waals surface area contributed by atoms with Gasteiger partial charge in [-0.1, -0.05) is 48.5 Å². The van der Waals surface area contributed by atoms with Gasteiger partial charge in [0.05, 0.1) is 18.2 Å². The molecule has 5 nitrogen and oxygen atoms in total. The van der Waals surface area contributed by atoms with E-state index < -0.39 is 5.97 Å². The highest BCUT2D eigenvalue weighted by Gasteiger charge is 2.19. The van der Waals surface area contributed by atoms with Crippen LogP contribution in [-0.2, 0) is 16.1 Å². The number of aliphatic hydroxyl groups excluding tert-OH is 1. The van der Waals surface area contributed by atoms with Crippen molar-refractivity contribution in [1.29, 1.82) is 0 Å². The largest absolute Gasteiger partial charge is 0.452 e. The number of esters is 1. The molecule has 0 fully saturated rings. The minimum Gasteiger partial charge on any atom is -0.452 e. The third-order valence-electron chi connectivity index (χ3n) is 3.97. The van der Waals surface area contributed by atoms with E-state index in [-0.39, 0.29) is 25.2 Å². The summed E-state index contributed by atoms with van der Waals surface area (Å²) >= 11 is 1.55. The van der Waals surface area contributed by atoms with Crippen molar-refractivity contribution in [2.24, 2.45) is 0 Å². The van der Waals surface area contributed by atoms with E-state index in [4.69, 9.17) is 9.84 Å². The number of aliphatic hydroxyl groups is 1. The molecule has 0 radical (unpaired) electrons. The normalized spacial score (nSPS) is 11.6. The lowest BCUT2D eigenvalue weighted by atomic mass is 10.1. The van der Waals surface area contributed by atoms with E-state index in [0.29, 0.717) is 11.1 Å². The van der Waals surface area contributed by atoms with Gasteiger partial charge in [0.25, 0.3) is 5.91 Å². The summed E-state index contributed by atoms with van der Waals surface area (Å²) in [4.78, 5) is 25.4. The van der Waals surface area contributed by atoms with Crippen LogP contribution in [0.5, 0.6) is 0 Å². The van der Waals surface area contributed by atoms with E-state index in [1.807, 2.05) is 47.8 Å². The van der Waals surface area contributed by atoms with Gasteiger partial charge in [-0.15, -0.1) is 11.3 Å². The van der Waals surface area contributed by atoms with Crippen LogP contribution in [-0.4, -0.2) is 23.6 Å². The fourth-order valence-electron chi connectivity index (χ4n) is 2.58. The van der Waals surface area contributed by atoms with Gasteiger partial charge in [-0.2, -0.15) is 0 Å². The third kappa shape index (κ3) is 5.03. The summed E-state index contributed by atoms with van der Waals surface area (Å²) in [7, 11) is 0. The van der Waals surface area contributed by atoms with E-state index in [1.165, 1.54) is 0 Å². The molecule has 2 N–H and O–H groups in total. The molecule has 3 aromatic rings. The smallest absolute Gasteiger partial charge is 0.338 e. The molecule has 0 aliphatic heterocycles. The average Bonchev–Trinajstić information content (AvgIpc) is 3.25. The van der Waals surface area contributed by atoms with Crippen LogP contribution in [0, 0.1) is 0 Å². The first kappa shape index (κ1) is 18.8. The SMILES string of the molecule is O=C(COC(=O)c1ccc(CO)cc1)N[C@H](c1ccccc1)c1cccs1. The molecule has 138 valence electrons. The predicted molar refractivity (Wildman–Crippen MR) is 103 cm³/mol. The van der Waals surface area contributed by atoms with Gasteiger partial charge in [0, 0.05) is 4.88 Å². The van der Waals surface area contributed by atoms with Gasteiger partial charge in [0.2, 0.25) is 0 Å². The van der Waals surface area contributed by atoms with Crippen molar-refractivity contribution in [3.63, 3.8) is 0 Å². The van der Waals surface area contributed by atoms with Gasteiger partial charge < -0.3 is 15.2 Å². The molecule has 6 heteroatoms. The van der Waals surface area contributed by atoms with E-state index in [0.717, 1.165) is 10.4 Å². The van der Waals surface area contributed by atoms with Gasteiger partial charge in [-0.25, -0.2) is 4.79 Å². The quantitative estimate of drug-likeness (QED) is 0.616. The Morgan fingerprint density at radius 2 is 1.74 bits per heavy atom. The number of rotatable bonds is 7. The van der Waals surface area contributed by atoms with E-state index in [2.05, 4.69) is 5.32 Å². The zero-order valence-corrected chi connectivity index (χ0v) is 15.3. The van der Waals surface area contributed by atoms with Crippen LogP contribution in [0.3, 0.4) is 0 Å². The molecule has 0 spiro atoms. The van der Waals surface area contributed by atoms with Crippen molar-refractivity contribution in [2.75, 3.05) is 6.61 Å².